The van der Waals surface area contributed by atoms with Crippen molar-refractivity contribution in [2.24, 2.45) is 0 Å². The lowest BCUT2D eigenvalue weighted by Gasteiger charge is -2.43. The minimum atomic E-state index is 0.0664. The highest BCUT2D eigenvalue weighted by atomic mass is 32.1. The van der Waals surface area contributed by atoms with E-state index in [0.29, 0.717) is 6.04 Å². The van der Waals surface area contributed by atoms with Crippen LogP contribution in [0.15, 0.2) is 5.38 Å². The van der Waals surface area contributed by atoms with Crippen LogP contribution >= 0.6 is 11.3 Å². The summed E-state index contributed by atoms with van der Waals surface area (Å²) in [6.07, 6.45) is 6.91. The van der Waals surface area contributed by atoms with E-state index in [0.717, 1.165) is 52.0 Å². The summed E-state index contributed by atoms with van der Waals surface area (Å²) >= 11 is 1.79. The zero-order chi connectivity index (χ0) is 15.5. The molecule has 1 aromatic rings. The van der Waals surface area contributed by atoms with E-state index in [-0.39, 0.29) is 5.60 Å². The van der Waals surface area contributed by atoms with Gasteiger partial charge in [-0.2, -0.15) is 0 Å². The lowest BCUT2D eigenvalue weighted by molar-refractivity contribution is -0.140. The van der Waals surface area contributed by atoms with E-state index in [2.05, 4.69) is 15.6 Å². The van der Waals surface area contributed by atoms with Crippen molar-refractivity contribution in [3.05, 3.63) is 11.1 Å². The van der Waals surface area contributed by atoms with Gasteiger partial charge in [-0.1, -0.05) is 0 Å². The first kappa shape index (κ1) is 15.8. The Morgan fingerprint density at radius 2 is 2.09 bits per heavy atom. The molecule has 4 heterocycles. The van der Waals surface area contributed by atoms with Gasteiger partial charge in [0.1, 0.15) is 0 Å². The van der Waals surface area contributed by atoms with Crippen LogP contribution in [-0.4, -0.2) is 49.5 Å². The third-order valence-electron chi connectivity index (χ3n) is 5.39. The van der Waals surface area contributed by atoms with E-state index in [4.69, 9.17) is 14.5 Å². The Labute approximate surface area is 142 Å². The fourth-order valence-corrected chi connectivity index (χ4v) is 4.85. The lowest BCUT2D eigenvalue weighted by Crippen LogP contribution is -2.49. The molecule has 0 unspecified atom stereocenters. The zero-order valence-corrected chi connectivity index (χ0v) is 14.6. The van der Waals surface area contributed by atoms with Crippen LogP contribution in [0.3, 0.4) is 0 Å². The molecule has 0 aliphatic carbocycles. The van der Waals surface area contributed by atoms with Crippen LogP contribution in [0.1, 0.15) is 44.2 Å². The number of hydrogen-bond acceptors (Lipinski definition) is 6. The van der Waals surface area contributed by atoms with E-state index in [1.165, 1.54) is 36.8 Å². The first-order valence-electron chi connectivity index (χ1n) is 8.97. The molecule has 0 bridgehead atoms. The Morgan fingerprint density at radius 1 is 1.26 bits per heavy atom. The zero-order valence-electron chi connectivity index (χ0n) is 13.8. The van der Waals surface area contributed by atoms with Crippen LogP contribution in [0, 0.1) is 0 Å². The maximum Gasteiger partial charge on any atom is 0.185 e. The maximum absolute atomic E-state index is 6.12. The molecule has 3 saturated heterocycles. The van der Waals surface area contributed by atoms with Gasteiger partial charge in [0.25, 0.3) is 0 Å². The quantitative estimate of drug-likeness (QED) is 0.915. The van der Waals surface area contributed by atoms with Gasteiger partial charge in [-0.15, -0.1) is 11.3 Å². The van der Waals surface area contributed by atoms with Gasteiger partial charge in [-0.3, -0.25) is 0 Å². The maximum atomic E-state index is 6.12. The van der Waals surface area contributed by atoms with Gasteiger partial charge in [-0.25, -0.2) is 4.98 Å². The molecule has 3 aliphatic heterocycles. The first-order valence-corrected chi connectivity index (χ1v) is 9.85. The van der Waals surface area contributed by atoms with Crippen molar-refractivity contribution in [1.29, 1.82) is 0 Å². The number of rotatable bonds is 4. The molecule has 4 rings (SSSR count). The second-order valence-electron chi connectivity index (χ2n) is 7.03. The highest BCUT2D eigenvalue weighted by Crippen LogP contribution is 2.34. The highest BCUT2D eigenvalue weighted by molar-refractivity contribution is 7.13. The largest absolute Gasteiger partial charge is 0.381 e. The average Bonchev–Trinajstić information content (AvgIpc) is 3.25. The van der Waals surface area contributed by atoms with Gasteiger partial charge >= 0.3 is 0 Å². The van der Waals surface area contributed by atoms with Gasteiger partial charge in [-0.05, 0) is 38.5 Å². The molecule has 1 spiro atoms. The van der Waals surface area contributed by atoms with Crippen molar-refractivity contribution in [1.82, 2.24) is 10.3 Å². The summed E-state index contributed by atoms with van der Waals surface area (Å²) in [5, 5.41) is 7.13. The number of hydrogen-bond donors (Lipinski definition) is 1. The number of ether oxygens (including phenoxy) is 2. The van der Waals surface area contributed by atoms with E-state index in [9.17, 15) is 0 Å². The summed E-state index contributed by atoms with van der Waals surface area (Å²) in [6, 6.07) is 0.541. The van der Waals surface area contributed by atoms with Crippen LogP contribution in [0.5, 0.6) is 0 Å². The molecule has 0 amide bonds. The Morgan fingerprint density at radius 3 is 2.91 bits per heavy atom. The predicted molar refractivity (Wildman–Crippen MR) is 92.2 cm³/mol. The summed E-state index contributed by atoms with van der Waals surface area (Å²) in [5.74, 6) is 0. The standard InChI is InChI=1S/C17H27N3O2S/c1-2-7-20(6-1)16-19-15(13-23-16)12-18-14-3-8-22-17(11-14)4-9-21-10-5-17/h13-14,18H,1-12H2/t14-/m0/s1. The molecule has 0 aromatic carbocycles. The minimum Gasteiger partial charge on any atom is -0.381 e. The molecule has 0 saturated carbocycles. The number of nitrogens with one attached hydrogen (secondary N) is 1. The van der Waals surface area contributed by atoms with Crippen molar-refractivity contribution < 1.29 is 9.47 Å². The average molecular weight is 337 g/mol. The van der Waals surface area contributed by atoms with Gasteiger partial charge in [0.2, 0.25) is 0 Å². The second-order valence-corrected chi connectivity index (χ2v) is 7.87. The third kappa shape index (κ3) is 3.71. The fraction of sp³-hybridized carbons (Fsp3) is 0.824. The molecular weight excluding hydrogens is 310 g/mol. The summed E-state index contributed by atoms with van der Waals surface area (Å²) in [6.45, 7) is 5.78. The van der Waals surface area contributed by atoms with Crippen LogP contribution in [0.4, 0.5) is 5.13 Å². The van der Waals surface area contributed by atoms with E-state index >= 15 is 0 Å². The predicted octanol–water partition coefficient (Wildman–Crippen LogP) is 2.56. The number of aromatic nitrogens is 1. The summed E-state index contributed by atoms with van der Waals surface area (Å²) in [5.41, 5.74) is 1.25. The fourth-order valence-electron chi connectivity index (χ4n) is 3.97. The van der Waals surface area contributed by atoms with Crippen LogP contribution in [0.25, 0.3) is 0 Å². The molecule has 1 aromatic heterocycles. The minimum absolute atomic E-state index is 0.0664. The number of nitrogens with zero attached hydrogens (tertiary/aromatic N) is 2. The van der Waals surface area contributed by atoms with E-state index in [1.54, 1.807) is 11.3 Å². The second kappa shape index (κ2) is 7.05. The van der Waals surface area contributed by atoms with Gasteiger partial charge in [0.05, 0.1) is 11.3 Å². The molecule has 128 valence electrons. The van der Waals surface area contributed by atoms with Crippen molar-refractivity contribution in [2.75, 3.05) is 37.8 Å². The normalized spacial score (nSPS) is 27.7. The van der Waals surface area contributed by atoms with Crippen LogP contribution in [-0.2, 0) is 16.0 Å². The van der Waals surface area contributed by atoms with Crippen molar-refractivity contribution >= 4 is 16.5 Å². The molecular formula is C17H27N3O2S. The lowest BCUT2D eigenvalue weighted by atomic mass is 9.84. The summed E-state index contributed by atoms with van der Waals surface area (Å²) < 4.78 is 11.6. The molecule has 23 heavy (non-hydrogen) atoms. The topological polar surface area (TPSA) is 46.6 Å². The Kier molecular flexibility index (Phi) is 4.85. The molecule has 0 radical (unpaired) electrons. The molecule has 5 nitrogen and oxygen atoms in total. The third-order valence-corrected chi connectivity index (χ3v) is 6.34. The Bertz CT molecular complexity index is 504. The Balaban J connectivity index is 1.30. The van der Waals surface area contributed by atoms with E-state index in [1.807, 2.05) is 0 Å². The number of anilines is 1. The molecule has 3 aliphatic rings. The van der Waals surface area contributed by atoms with Crippen molar-refractivity contribution in [3.8, 4) is 0 Å². The summed E-state index contributed by atoms with van der Waals surface area (Å²) in [4.78, 5) is 7.23. The monoisotopic (exact) mass is 337 g/mol. The van der Waals surface area contributed by atoms with Crippen LogP contribution < -0.4 is 10.2 Å². The van der Waals surface area contributed by atoms with Gasteiger partial charge < -0.3 is 19.7 Å². The van der Waals surface area contributed by atoms with Crippen LogP contribution in [0.2, 0.25) is 0 Å². The SMILES string of the molecule is c1sc(N2CCCC2)nc1CN[C@H]1CCOC2(CCOCC2)C1. The highest BCUT2D eigenvalue weighted by Gasteiger charge is 2.38. The van der Waals surface area contributed by atoms with E-state index < -0.39 is 0 Å². The molecule has 1 atom stereocenters. The van der Waals surface area contributed by atoms with Gasteiger partial charge in [0, 0.05) is 50.9 Å². The molecule has 1 N–H and O–H groups in total. The van der Waals surface area contributed by atoms with Gasteiger partial charge in [0.15, 0.2) is 5.13 Å². The molecule has 6 heteroatoms. The summed E-state index contributed by atoms with van der Waals surface area (Å²) in [7, 11) is 0. The number of thiazole rings is 1. The first-order chi connectivity index (χ1) is 11.3. The van der Waals surface area contributed by atoms with Crippen molar-refractivity contribution in [3.63, 3.8) is 0 Å². The molecule has 3 fully saturated rings. The smallest absolute Gasteiger partial charge is 0.185 e. The van der Waals surface area contributed by atoms with Crippen molar-refractivity contribution in [2.45, 2.75) is 56.7 Å². The Hall–Kier alpha value is -0.690.